The van der Waals surface area contributed by atoms with Gasteiger partial charge < -0.3 is 5.32 Å². The SMILES string of the molecule is Cc1ccc(C2=C(Nc3ccc(F)cc3)C(=O)N(Cc3ccc(F)cc3)C2=O)cc1C. The second kappa shape index (κ2) is 8.14. The van der Waals surface area contributed by atoms with Crippen molar-refractivity contribution >= 4 is 23.1 Å². The lowest BCUT2D eigenvalue weighted by Crippen LogP contribution is -2.32. The Hall–Kier alpha value is -3.80. The minimum Gasteiger partial charge on any atom is -0.350 e. The van der Waals surface area contributed by atoms with Crippen molar-refractivity contribution in [1.29, 1.82) is 0 Å². The molecule has 0 aliphatic carbocycles. The van der Waals surface area contributed by atoms with Crippen LogP contribution in [0.15, 0.2) is 72.4 Å². The van der Waals surface area contributed by atoms with E-state index in [4.69, 9.17) is 0 Å². The minimum atomic E-state index is -0.494. The topological polar surface area (TPSA) is 49.4 Å². The Morgan fingerprint density at radius 1 is 0.774 bits per heavy atom. The molecule has 0 spiro atoms. The van der Waals surface area contributed by atoms with Crippen molar-refractivity contribution in [2.24, 2.45) is 0 Å². The Bertz CT molecular complexity index is 1200. The second-order valence-electron chi connectivity index (χ2n) is 7.50. The number of benzene rings is 3. The lowest BCUT2D eigenvalue weighted by Gasteiger charge is -2.15. The minimum absolute atomic E-state index is 0.0148. The Morgan fingerprint density at radius 3 is 2.00 bits per heavy atom. The third-order valence-corrected chi connectivity index (χ3v) is 5.33. The van der Waals surface area contributed by atoms with E-state index in [0.29, 0.717) is 16.8 Å². The van der Waals surface area contributed by atoms with Gasteiger partial charge in [-0.3, -0.25) is 14.5 Å². The number of hydrogen-bond acceptors (Lipinski definition) is 3. The Labute approximate surface area is 178 Å². The molecule has 0 aromatic heterocycles. The summed E-state index contributed by atoms with van der Waals surface area (Å²) < 4.78 is 26.5. The van der Waals surface area contributed by atoms with Crippen LogP contribution in [0.3, 0.4) is 0 Å². The summed E-state index contributed by atoms with van der Waals surface area (Å²) in [6.45, 7) is 3.92. The van der Waals surface area contributed by atoms with Gasteiger partial charge in [-0.15, -0.1) is 0 Å². The van der Waals surface area contributed by atoms with Gasteiger partial charge in [-0.1, -0.05) is 30.3 Å². The second-order valence-corrected chi connectivity index (χ2v) is 7.50. The first-order chi connectivity index (χ1) is 14.8. The van der Waals surface area contributed by atoms with Crippen molar-refractivity contribution in [1.82, 2.24) is 4.90 Å². The van der Waals surface area contributed by atoms with Crippen molar-refractivity contribution in [3.63, 3.8) is 0 Å². The van der Waals surface area contributed by atoms with E-state index in [0.717, 1.165) is 16.0 Å². The number of nitrogens with one attached hydrogen (secondary N) is 1. The molecule has 0 bridgehead atoms. The maximum absolute atomic E-state index is 13.3. The number of aryl methyl sites for hydroxylation is 2. The molecule has 0 unspecified atom stereocenters. The third-order valence-electron chi connectivity index (χ3n) is 5.33. The Kier molecular flexibility index (Phi) is 5.38. The van der Waals surface area contributed by atoms with Crippen molar-refractivity contribution < 1.29 is 18.4 Å². The van der Waals surface area contributed by atoms with Crippen LogP contribution in [0.5, 0.6) is 0 Å². The fourth-order valence-electron chi connectivity index (χ4n) is 3.45. The number of halogens is 2. The van der Waals surface area contributed by atoms with Crippen LogP contribution in [0.1, 0.15) is 22.3 Å². The summed E-state index contributed by atoms with van der Waals surface area (Å²) in [7, 11) is 0. The van der Waals surface area contributed by atoms with E-state index >= 15 is 0 Å². The number of nitrogens with zero attached hydrogens (tertiary/aromatic N) is 1. The quantitative estimate of drug-likeness (QED) is 0.595. The highest BCUT2D eigenvalue weighted by Gasteiger charge is 2.39. The average molecular weight is 418 g/mol. The van der Waals surface area contributed by atoms with E-state index < -0.39 is 23.4 Å². The monoisotopic (exact) mass is 418 g/mol. The summed E-state index contributed by atoms with van der Waals surface area (Å²) >= 11 is 0. The number of rotatable bonds is 5. The predicted octanol–water partition coefficient (Wildman–Crippen LogP) is 4.97. The van der Waals surface area contributed by atoms with E-state index in [1.165, 1.54) is 48.5 Å². The van der Waals surface area contributed by atoms with Crippen LogP contribution < -0.4 is 5.32 Å². The van der Waals surface area contributed by atoms with E-state index in [9.17, 15) is 18.4 Å². The molecule has 6 heteroatoms. The van der Waals surface area contributed by atoms with Crippen LogP contribution in [0.4, 0.5) is 14.5 Å². The molecule has 0 radical (unpaired) electrons. The van der Waals surface area contributed by atoms with Gasteiger partial charge in [0, 0.05) is 5.69 Å². The third kappa shape index (κ3) is 4.10. The molecule has 4 nitrogen and oxygen atoms in total. The molecule has 3 aromatic rings. The molecular formula is C25H20F2N2O2. The summed E-state index contributed by atoms with van der Waals surface area (Å²) in [5.41, 5.74) is 4.17. The molecule has 31 heavy (non-hydrogen) atoms. The van der Waals surface area contributed by atoms with E-state index in [-0.39, 0.29) is 17.8 Å². The molecule has 0 atom stereocenters. The molecule has 0 saturated carbocycles. The van der Waals surface area contributed by atoms with Crippen LogP contribution in [-0.2, 0) is 16.1 Å². The molecule has 2 amide bonds. The van der Waals surface area contributed by atoms with Crippen LogP contribution >= 0.6 is 0 Å². The van der Waals surface area contributed by atoms with Gasteiger partial charge in [0.05, 0.1) is 12.1 Å². The van der Waals surface area contributed by atoms with Crippen LogP contribution in [0, 0.1) is 25.5 Å². The standard InChI is InChI=1S/C25H20F2N2O2/c1-15-3-6-18(13-16(15)2)22-23(28-21-11-9-20(27)10-12-21)25(31)29(24(22)30)14-17-4-7-19(26)8-5-17/h3-13,28H,14H2,1-2H3. The Balaban J connectivity index is 1.75. The molecule has 3 aromatic carbocycles. The van der Waals surface area contributed by atoms with Gasteiger partial charge in [-0.05, 0) is 72.5 Å². The maximum atomic E-state index is 13.3. The Morgan fingerprint density at radius 2 is 1.39 bits per heavy atom. The first-order valence-electron chi connectivity index (χ1n) is 9.78. The zero-order valence-corrected chi connectivity index (χ0v) is 17.1. The van der Waals surface area contributed by atoms with Gasteiger partial charge >= 0.3 is 0 Å². The van der Waals surface area contributed by atoms with E-state index in [2.05, 4.69) is 5.32 Å². The fourth-order valence-corrected chi connectivity index (χ4v) is 3.45. The van der Waals surface area contributed by atoms with Gasteiger partial charge in [-0.25, -0.2) is 8.78 Å². The van der Waals surface area contributed by atoms with Gasteiger partial charge in [-0.2, -0.15) is 0 Å². The smallest absolute Gasteiger partial charge is 0.278 e. The van der Waals surface area contributed by atoms with Crippen LogP contribution in [0.25, 0.3) is 5.57 Å². The summed E-state index contributed by atoms with van der Waals surface area (Å²) in [4.78, 5) is 27.7. The molecule has 156 valence electrons. The molecule has 1 N–H and O–H groups in total. The van der Waals surface area contributed by atoms with Gasteiger partial charge in [0.2, 0.25) is 0 Å². The first kappa shape index (κ1) is 20.5. The van der Waals surface area contributed by atoms with Crippen molar-refractivity contribution in [2.45, 2.75) is 20.4 Å². The van der Waals surface area contributed by atoms with E-state index in [1.807, 2.05) is 26.0 Å². The fraction of sp³-hybridized carbons (Fsp3) is 0.120. The number of carbonyl (C=O) groups is 2. The number of anilines is 1. The summed E-state index contributed by atoms with van der Waals surface area (Å²) in [6.07, 6.45) is 0. The highest BCUT2D eigenvalue weighted by atomic mass is 19.1. The normalized spacial score (nSPS) is 13.9. The highest BCUT2D eigenvalue weighted by molar-refractivity contribution is 6.36. The summed E-state index contributed by atoms with van der Waals surface area (Å²) in [5, 5.41) is 3.00. The van der Waals surface area contributed by atoms with Crippen molar-refractivity contribution in [3.8, 4) is 0 Å². The number of amides is 2. The zero-order valence-electron chi connectivity index (χ0n) is 17.1. The summed E-state index contributed by atoms with van der Waals surface area (Å²) in [6, 6.07) is 16.8. The van der Waals surface area contributed by atoms with Gasteiger partial charge in [0.25, 0.3) is 11.8 Å². The number of imide groups is 1. The summed E-state index contributed by atoms with van der Waals surface area (Å²) in [5.74, 6) is -1.73. The molecular weight excluding hydrogens is 398 g/mol. The molecule has 1 heterocycles. The van der Waals surface area contributed by atoms with Gasteiger partial charge in [0.1, 0.15) is 17.3 Å². The van der Waals surface area contributed by atoms with E-state index in [1.54, 1.807) is 6.07 Å². The zero-order chi connectivity index (χ0) is 22.1. The average Bonchev–Trinajstić information content (AvgIpc) is 2.97. The van der Waals surface area contributed by atoms with Crippen LogP contribution in [0.2, 0.25) is 0 Å². The van der Waals surface area contributed by atoms with Crippen molar-refractivity contribution in [3.05, 3.63) is 106 Å². The number of hydrogen-bond donors (Lipinski definition) is 1. The van der Waals surface area contributed by atoms with Crippen molar-refractivity contribution in [2.75, 3.05) is 5.32 Å². The highest BCUT2D eigenvalue weighted by Crippen LogP contribution is 2.32. The molecule has 0 saturated heterocycles. The molecule has 4 rings (SSSR count). The molecule has 1 aliphatic heterocycles. The first-order valence-corrected chi connectivity index (χ1v) is 9.78. The lowest BCUT2D eigenvalue weighted by atomic mass is 9.99. The molecule has 1 aliphatic rings. The number of carbonyl (C=O) groups excluding carboxylic acids is 2. The van der Waals surface area contributed by atoms with Crippen LogP contribution in [-0.4, -0.2) is 16.7 Å². The predicted molar refractivity (Wildman–Crippen MR) is 115 cm³/mol. The lowest BCUT2D eigenvalue weighted by molar-refractivity contribution is -0.137. The largest absolute Gasteiger partial charge is 0.350 e. The molecule has 0 fully saturated rings. The van der Waals surface area contributed by atoms with Gasteiger partial charge in [0.15, 0.2) is 0 Å². The maximum Gasteiger partial charge on any atom is 0.278 e.